The Labute approximate surface area is 92.0 Å². The van der Waals surface area contributed by atoms with Crippen LogP contribution >= 0.6 is 0 Å². The Balaban J connectivity index is 2.19. The van der Waals surface area contributed by atoms with Crippen molar-refractivity contribution in [3.63, 3.8) is 0 Å². The van der Waals surface area contributed by atoms with Gasteiger partial charge in [-0.05, 0) is 45.2 Å². The molecule has 1 fully saturated rings. The quantitative estimate of drug-likeness (QED) is 0.690. The molecule has 0 saturated carbocycles. The smallest absolute Gasteiger partial charge is 0.237 e. The summed E-state index contributed by atoms with van der Waals surface area (Å²) < 4.78 is 0. The van der Waals surface area contributed by atoms with Gasteiger partial charge in [-0.25, -0.2) is 0 Å². The van der Waals surface area contributed by atoms with Crippen LogP contribution in [0.15, 0.2) is 0 Å². The molecule has 4 N–H and O–H groups in total. The molecule has 0 bridgehead atoms. The summed E-state index contributed by atoms with van der Waals surface area (Å²) in [4.78, 5) is 13.4. The van der Waals surface area contributed by atoms with E-state index in [1.165, 1.54) is 19.5 Å². The van der Waals surface area contributed by atoms with Gasteiger partial charge in [-0.15, -0.1) is 0 Å². The molecular formula is C11H23N3O. The molecule has 0 radical (unpaired) electrons. The Morgan fingerprint density at radius 2 is 2.27 bits per heavy atom. The van der Waals surface area contributed by atoms with Crippen LogP contribution in [-0.2, 0) is 4.79 Å². The third kappa shape index (κ3) is 3.80. The highest BCUT2D eigenvalue weighted by atomic mass is 16.1. The molecule has 1 aliphatic rings. The van der Waals surface area contributed by atoms with Crippen LogP contribution in [0.25, 0.3) is 0 Å². The number of nitrogens with two attached hydrogens (primary N) is 2. The molecule has 1 aliphatic heterocycles. The lowest BCUT2D eigenvalue weighted by Crippen LogP contribution is -2.49. The fourth-order valence-corrected chi connectivity index (χ4v) is 2.02. The average molecular weight is 213 g/mol. The molecule has 15 heavy (non-hydrogen) atoms. The second-order valence-corrected chi connectivity index (χ2v) is 5.08. The number of hydrogen-bond donors (Lipinski definition) is 2. The first-order chi connectivity index (χ1) is 6.92. The zero-order chi connectivity index (χ0) is 11.5. The molecule has 1 saturated heterocycles. The van der Waals surface area contributed by atoms with Gasteiger partial charge in [-0.2, -0.15) is 0 Å². The number of primary amides is 1. The van der Waals surface area contributed by atoms with Gasteiger partial charge in [-0.1, -0.05) is 6.92 Å². The van der Waals surface area contributed by atoms with Gasteiger partial charge in [0.15, 0.2) is 0 Å². The summed E-state index contributed by atoms with van der Waals surface area (Å²) in [6.07, 6.45) is 2.91. The molecule has 0 aromatic rings. The summed E-state index contributed by atoms with van der Waals surface area (Å²) in [5, 5.41) is 0. The largest absolute Gasteiger partial charge is 0.368 e. The first-order valence-electron chi connectivity index (χ1n) is 5.73. The van der Waals surface area contributed by atoms with Crippen LogP contribution < -0.4 is 11.5 Å². The number of carbonyl (C=O) groups excluding carboxylic acids is 1. The number of hydrogen-bond acceptors (Lipinski definition) is 3. The van der Waals surface area contributed by atoms with E-state index in [0.29, 0.717) is 6.42 Å². The van der Waals surface area contributed by atoms with Gasteiger partial charge in [0.2, 0.25) is 5.91 Å². The van der Waals surface area contributed by atoms with Crippen LogP contribution in [-0.4, -0.2) is 36.0 Å². The number of carbonyl (C=O) groups is 1. The van der Waals surface area contributed by atoms with E-state index in [9.17, 15) is 4.79 Å². The number of likely N-dealkylation sites (tertiary alicyclic amines) is 1. The molecule has 88 valence electrons. The maximum absolute atomic E-state index is 11.0. The van der Waals surface area contributed by atoms with Crippen molar-refractivity contribution in [1.82, 2.24) is 4.90 Å². The van der Waals surface area contributed by atoms with E-state index >= 15 is 0 Å². The van der Waals surface area contributed by atoms with Crippen molar-refractivity contribution in [3.05, 3.63) is 0 Å². The van der Waals surface area contributed by atoms with Gasteiger partial charge in [0.1, 0.15) is 0 Å². The van der Waals surface area contributed by atoms with Gasteiger partial charge in [-0.3, -0.25) is 4.79 Å². The van der Waals surface area contributed by atoms with Crippen LogP contribution in [0.2, 0.25) is 0 Å². The third-order valence-corrected chi connectivity index (χ3v) is 3.24. The highest BCUT2D eigenvalue weighted by Gasteiger charge is 2.25. The van der Waals surface area contributed by atoms with Gasteiger partial charge >= 0.3 is 0 Å². The minimum absolute atomic E-state index is 0.405. The fraction of sp³-hybridized carbons (Fsp3) is 0.909. The molecule has 1 heterocycles. The van der Waals surface area contributed by atoms with Crippen LogP contribution in [0, 0.1) is 5.92 Å². The number of rotatable bonds is 5. The molecule has 4 nitrogen and oxygen atoms in total. The Bertz CT molecular complexity index is 228. The zero-order valence-corrected chi connectivity index (χ0v) is 9.83. The number of amides is 1. The standard InChI is InChI=1S/C11H23N3O/c1-9-4-7-14(8-9)6-3-5-11(2,13)10(12)15/h9H,3-8,13H2,1-2H3,(H2,12,15). The molecule has 2 unspecified atom stereocenters. The summed E-state index contributed by atoms with van der Waals surface area (Å²) >= 11 is 0. The minimum Gasteiger partial charge on any atom is -0.368 e. The van der Waals surface area contributed by atoms with Gasteiger partial charge in [0, 0.05) is 6.54 Å². The van der Waals surface area contributed by atoms with Crippen LogP contribution in [0.1, 0.15) is 33.1 Å². The summed E-state index contributed by atoms with van der Waals surface area (Å²) in [7, 11) is 0. The Kier molecular flexibility index (Phi) is 4.11. The SMILES string of the molecule is CC1CCN(CCCC(C)(N)C(N)=O)C1. The second-order valence-electron chi connectivity index (χ2n) is 5.08. The molecule has 2 atom stereocenters. The van der Waals surface area contributed by atoms with Crippen molar-refractivity contribution < 1.29 is 4.79 Å². The molecule has 1 rings (SSSR count). The van der Waals surface area contributed by atoms with Crippen LogP contribution in [0.4, 0.5) is 0 Å². The van der Waals surface area contributed by atoms with Crippen molar-refractivity contribution in [2.45, 2.75) is 38.6 Å². The first kappa shape index (κ1) is 12.5. The Hall–Kier alpha value is -0.610. The van der Waals surface area contributed by atoms with Crippen molar-refractivity contribution in [1.29, 1.82) is 0 Å². The molecule has 4 heteroatoms. The summed E-state index contributed by atoms with van der Waals surface area (Å²) in [5.74, 6) is 0.405. The van der Waals surface area contributed by atoms with E-state index in [1.54, 1.807) is 6.92 Å². The van der Waals surface area contributed by atoms with E-state index in [4.69, 9.17) is 11.5 Å². The minimum atomic E-state index is -0.842. The summed E-state index contributed by atoms with van der Waals surface area (Å²) in [6.45, 7) is 7.37. The second kappa shape index (κ2) is 4.94. The predicted octanol–water partition coefficient (Wildman–Crippen LogP) is 0.311. The van der Waals surface area contributed by atoms with Gasteiger partial charge in [0.25, 0.3) is 0 Å². The zero-order valence-electron chi connectivity index (χ0n) is 9.83. The molecular weight excluding hydrogens is 190 g/mol. The maximum atomic E-state index is 11.0. The van der Waals surface area contributed by atoms with E-state index in [0.717, 1.165) is 18.9 Å². The van der Waals surface area contributed by atoms with Gasteiger partial charge in [0.05, 0.1) is 5.54 Å². The topological polar surface area (TPSA) is 72.3 Å². The fourth-order valence-electron chi connectivity index (χ4n) is 2.02. The van der Waals surface area contributed by atoms with E-state index < -0.39 is 11.4 Å². The van der Waals surface area contributed by atoms with Gasteiger partial charge < -0.3 is 16.4 Å². The Morgan fingerprint density at radius 1 is 1.60 bits per heavy atom. The van der Waals surface area contributed by atoms with Crippen molar-refractivity contribution in [2.75, 3.05) is 19.6 Å². The van der Waals surface area contributed by atoms with Crippen LogP contribution in [0.3, 0.4) is 0 Å². The normalized spacial score (nSPS) is 26.5. The Morgan fingerprint density at radius 3 is 2.73 bits per heavy atom. The van der Waals surface area contributed by atoms with E-state index in [-0.39, 0.29) is 0 Å². The predicted molar refractivity (Wildman–Crippen MR) is 61.2 cm³/mol. The van der Waals surface area contributed by atoms with Crippen molar-refractivity contribution in [3.8, 4) is 0 Å². The summed E-state index contributed by atoms with van der Waals surface area (Å²) in [6, 6.07) is 0. The molecule has 1 amide bonds. The van der Waals surface area contributed by atoms with Crippen molar-refractivity contribution in [2.24, 2.45) is 17.4 Å². The highest BCUT2D eigenvalue weighted by molar-refractivity contribution is 5.83. The average Bonchev–Trinajstić information content (AvgIpc) is 2.51. The van der Waals surface area contributed by atoms with Crippen LogP contribution in [0.5, 0.6) is 0 Å². The lowest BCUT2D eigenvalue weighted by atomic mass is 9.96. The third-order valence-electron chi connectivity index (χ3n) is 3.24. The summed E-state index contributed by atoms with van der Waals surface area (Å²) in [5.41, 5.74) is 10.1. The highest BCUT2D eigenvalue weighted by Crippen LogP contribution is 2.16. The van der Waals surface area contributed by atoms with E-state index in [1.807, 2.05) is 0 Å². The molecule has 0 aromatic heterocycles. The van der Waals surface area contributed by atoms with E-state index in [2.05, 4.69) is 11.8 Å². The monoisotopic (exact) mass is 213 g/mol. The lowest BCUT2D eigenvalue weighted by Gasteiger charge is -2.22. The van der Waals surface area contributed by atoms with Crippen molar-refractivity contribution >= 4 is 5.91 Å². The molecule has 0 aliphatic carbocycles. The number of nitrogens with zero attached hydrogens (tertiary/aromatic N) is 1. The lowest BCUT2D eigenvalue weighted by molar-refractivity contribution is -0.122. The maximum Gasteiger partial charge on any atom is 0.237 e. The molecule has 0 aromatic carbocycles. The first-order valence-corrected chi connectivity index (χ1v) is 5.73. The molecule has 0 spiro atoms.